The number of hydrogen-bond donors (Lipinski definition) is 1. The van der Waals surface area contributed by atoms with Gasteiger partial charge >= 0.3 is 0 Å². The summed E-state index contributed by atoms with van der Waals surface area (Å²) in [5.74, 6) is 1.21. The molecule has 0 aromatic heterocycles. The lowest BCUT2D eigenvalue weighted by Gasteiger charge is -2.20. The SMILES string of the molecule is CCNC(CSC1CCCC1)c1cccc(CC)c1. The Balaban J connectivity index is 1.96. The Labute approximate surface area is 122 Å². The third-order valence-electron chi connectivity index (χ3n) is 4.01. The molecule has 0 amide bonds. The number of hydrogen-bond acceptors (Lipinski definition) is 2. The Hall–Kier alpha value is -0.470. The van der Waals surface area contributed by atoms with E-state index in [1.165, 1.54) is 42.6 Å². The molecule has 0 heterocycles. The molecule has 0 aliphatic heterocycles. The van der Waals surface area contributed by atoms with Crippen LogP contribution in [0, 0.1) is 0 Å². The summed E-state index contributed by atoms with van der Waals surface area (Å²) >= 11 is 2.18. The van der Waals surface area contributed by atoms with Crippen LogP contribution >= 0.6 is 11.8 Å². The van der Waals surface area contributed by atoms with Crippen molar-refractivity contribution in [2.45, 2.75) is 57.2 Å². The number of thioether (sulfide) groups is 1. The standard InChI is InChI=1S/C17H27NS/c1-3-14-8-7-9-15(12-14)17(18-4-2)13-19-16-10-5-6-11-16/h7-9,12,16-18H,3-6,10-11,13H2,1-2H3. The van der Waals surface area contributed by atoms with E-state index in [0.29, 0.717) is 6.04 Å². The molecule has 1 N–H and O–H groups in total. The summed E-state index contributed by atoms with van der Waals surface area (Å²) in [7, 11) is 0. The molecule has 19 heavy (non-hydrogen) atoms. The summed E-state index contributed by atoms with van der Waals surface area (Å²) in [6.07, 6.45) is 6.86. The van der Waals surface area contributed by atoms with Gasteiger partial charge in [0.25, 0.3) is 0 Å². The Bertz CT molecular complexity index is 371. The van der Waals surface area contributed by atoms with Crippen LogP contribution < -0.4 is 5.32 Å². The Morgan fingerprint density at radius 1 is 1.26 bits per heavy atom. The number of benzene rings is 1. The molecule has 1 aromatic rings. The zero-order chi connectivity index (χ0) is 13.5. The largest absolute Gasteiger partial charge is 0.310 e. The molecule has 1 aromatic carbocycles. The minimum absolute atomic E-state index is 0.516. The maximum absolute atomic E-state index is 3.65. The fourth-order valence-electron chi connectivity index (χ4n) is 2.84. The first-order valence-electron chi connectivity index (χ1n) is 7.77. The predicted octanol–water partition coefficient (Wildman–Crippen LogP) is 4.58. The molecule has 1 fully saturated rings. The molecular formula is C17H27NS. The van der Waals surface area contributed by atoms with E-state index in [1.807, 2.05) is 0 Å². The van der Waals surface area contributed by atoms with Crippen molar-refractivity contribution in [1.29, 1.82) is 0 Å². The van der Waals surface area contributed by atoms with Crippen LogP contribution in [0.2, 0.25) is 0 Å². The fraction of sp³-hybridized carbons (Fsp3) is 0.647. The topological polar surface area (TPSA) is 12.0 Å². The van der Waals surface area contributed by atoms with Crippen molar-refractivity contribution in [1.82, 2.24) is 5.32 Å². The maximum atomic E-state index is 3.65. The molecule has 1 aliphatic rings. The van der Waals surface area contributed by atoms with Crippen molar-refractivity contribution >= 4 is 11.8 Å². The van der Waals surface area contributed by atoms with Crippen LogP contribution in [0.4, 0.5) is 0 Å². The van der Waals surface area contributed by atoms with E-state index >= 15 is 0 Å². The molecule has 0 spiro atoms. The van der Waals surface area contributed by atoms with Gasteiger partial charge < -0.3 is 5.32 Å². The summed E-state index contributed by atoms with van der Waals surface area (Å²) in [5.41, 5.74) is 2.91. The highest BCUT2D eigenvalue weighted by atomic mass is 32.2. The molecule has 1 nitrogen and oxygen atoms in total. The van der Waals surface area contributed by atoms with Crippen LogP contribution in [0.1, 0.15) is 56.7 Å². The first-order chi connectivity index (χ1) is 9.33. The quantitative estimate of drug-likeness (QED) is 0.783. The van der Waals surface area contributed by atoms with Crippen LogP contribution in [0.5, 0.6) is 0 Å². The predicted molar refractivity (Wildman–Crippen MR) is 87.0 cm³/mol. The van der Waals surface area contributed by atoms with E-state index in [9.17, 15) is 0 Å². The van der Waals surface area contributed by atoms with E-state index in [1.54, 1.807) is 0 Å². The molecule has 106 valence electrons. The van der Waals surface area contributed by atoms with Gasteiger partial charge in [0.15, 0.2) is 0 Å². The number of rotatable bonds is 7. The first kappa shape index (κ1) is 14.9. The Kier molecular flexibility index (Phi) is 6.25. The Morgan fingerprint density at radius 3 is 2.74 bits per heavy atom. The third-order valence-corrected chi connectivity index (χ3v) is 5.48. The molecule has 0 saturated heterocycles. The molecule has 1 unspecified atom stereocenters. The van der Waals surface area contributed by atoms with E-state index in [4.69, 9.17) is 0 Å². The monoisotopic (exact) mass is 277 g/mol. The van der Waals surface area contributed by atoms with Crippen LogP contribution in [0.3, 0.4) is 0 Å². The van der Waals surface area contributed by atoms with Crippen molar-refractivity contribution in [3.63, 3.8) is 0 Å². The molecule has 1 saturated carbocycles. The van der Waals surface area contributed by atoms with E-state index < -0.39 is 0 Å². The van der Waals surface area contributed by atoms with Gasteiger partial charge in [-0.25, -0.2) is 0 Å². The maximum Gasteiger partial charge on any atom is 0.0411 e. The van der Waals surface area contributed by atoms with Gasteiger partial charge in [0.1, 0.15) is 0 Å². The molecule has 0 radical (unpaired) electrons. The van der Waals surface area contributed by atoms with Crippen molar-refractivity contribution in [3.05, 3.63) is 35.4 Å². The summed E-state index contributed by atoms with van der Waals surface area (Å²) in [4.78, 5) is 0. The minimum Gasteiger partial charge on any atom is -0.310 e. The van der Waals surface area contributed by atoms with Crippen LogP contribution in [-0.4, -0.2) is 17.5 Å². The lowest BCUT2D eigenvalue weighted by atomic mass is 10.0. The van der Waals surface area contributed by atoms with E-state index in [-0.39, 0.29) is 0 Å². The normalized spacial score (nSPS) is 17.8. The van der Waals surface area contributed by atoms with Crippen molar-refractivity contribution in [2.24, 2.45) is 0 Å². The molecule has 2 heteroatoms. The first-order valence-corrected chi connectivity index (χ1v) is 8.82. The highest BCUT2D eigenvalue weighted by Crippen LogP contribution is 2.32. The highest BCUT2D eigenvalue weighted by Gasteiger charge is 2.18. The van der Waals surface area contributed by atoms with Gasteiger partial charge in [0.05, 0.1) is 0 Å². The van der Waals surface area contributed by atoms with Gasteiger partial charge in [0, 0.05) is 17.0 Å². The highest BCUT2D eigenvalue weighted by molar-refractivity contribution is 7.99. The smallest absolute Gasteiger partial charge is 0.0411 e. The third kappa shape index (κ3) is 4.54. The average Bonchev–Trinajstić information content (AvgIpc) is 2.97. The summed E-state index contributed by atoms with van der Waals surface area (Å²) in [6.45, 7) is 5.48. The fourth-order valence-corrected chi connectivity index (χ4v) is 4.28. The molecular weight excluding hydrogens is 250 g/mol. The van der Waals surface area contributed by atoms with Crippen LogP contribution in [0.15, 0.2) is 24.3 Å². The van der Waals surface area contributed by atoms with Crippen molar-refractivity contribution in [3.8, 4) is 0 Å². The molecule has 1 aliphatic carbocycles. The molecule has 2 rings (SSSR count). The molecule has 1 atom stereocenters. The van der Waals surface area contributed by atoms with Crippen molar-refractivity contribution < 1.29 is 0 Å². The number of nitrogens with one attached hydrogen (secondary N) is 1. The zero-order valence-corrected chi connectivity index (χ0v) is 13.1. The Morgan fingerprint density at radius 2 is 2.05 bits per heavy atom. The van der Waals surface area contributed by atoms with Gasteiger partial charge in [0.2, 0.25) is 0 Å². The van der Waals surface area contributed by atoms with Crippen LogP contribution in [-0.2, 0) is 6.42 Å². The van der Waals surface area contributed by atoms with E-state index in [2.05, 4.69) is 55.2 Å². The van der Waals surface area contributed by atoms with Gasteiger partial charge in [-0.15, -0.1) is 0 Å². The minimum atomic E-state index is 0.516. The molecule has 0 bridgehead atoms. The summed E-state index contributed by atoms with van der Waals surface area (Å²) in [6, 6.07) is 9.61. The lowest BCUT2D eigenvalue weighted by Crippen LogP contribution is -2.23. The van der Waals surface area contributed by atoms with Gasteiger partial charge in [-0.1, -0.05) is 51.0 Å². The number of aryl methyl sites for hydroxylation is 1. The summed E-state index contributed by atoms with van der Waals surface area (Å²) < 4.78 is 0. The second-order valence-electron chi connectivity index (χ2n) is 5.45. The van der Waals surface area contributed by atoms with Crippen LogP contribution in [0.25, 0.3) is 0 Å². The lowest BCUT2D eigenvalue weighted by molar-refractivity contribution is 0.604. The van der Waals surface area contributed by atoms with Gasteiger partial charge in [-0.2, -0.15) is 11.8 Å². The second kappa shape index (κ2) is 7.96. The summed E-state index contributed by atoms with van der Waals surface area (Å²) in [5, 5.41) is 4.57. The van der Waals surface area contributed by atoms with E-state index in [0.717, 1.165) is 18.2 Å². The van der Waals surface area contributed by atoms with Crippen molar-refractivity contribution in [2.75, 3.05) is 12.3 Å². The van der Waals surface area contributed by atoms with Gasteiger partial charge in [-0.05, 0) is 36.9 Å². The average molecular weight is 277 g/mol. The van der Waals surface area contributed by atoms with Gasteiger partial charge in [-0.3, -0.25) is 0 Å². The zero-order valence-electron chi connectivity index (χ0n) is 12.3. The second-order valence-corrected chi connectivity index (χ2v) is 6.78.